The van der Waals surface area contributed by atoms with E-state index in [-0.39, 0.29) is 5.69 Å². The van der Waals surface area contributed by atoms with E-state index in [4.69, 9.17) is 17.3 Å². The Balaban J connectivity index is 1.98. The topological polar surface area (TPSA) is 55.1 Å². The molecule has 0 saturated heterocycles. The van der Waals surface area contributed by atoms with E-state index in [1.807, 2.05) is 6.07 Å². The zero-order valence-corrected chi connectivity index (χ0v) is 11.8. The van der Waals surface area contributed by atoms with Gasteiger partial charge in [-0.25, -0.2) is 8.78 Å². The SMILES string of the molecule is Nc1cc(F)cc(C(=O)NCCc2ccc(Cl)s2)c1F. The Morgan fingerprint density at radius 2 is 2.10 bits per heavy atom. The summed E-state index contributed by atoms with van der Waals surface area (Å²) in [6, 6.07) is 5.26. The fraction of sp³-hybridized carbons (Fsp3) is 0.154. The molecule has 0 aliphatic heterocycles. The van der Waals surface area contributed by atoms with E-state index in [0.29, 0.717) is 17.3 Å². The van der Waals surface area contributed by atoms with Crippen LogP contribution < -0.4 is 11.1 Å². The maximum atomic E-state index is 13.6. The minimum absolute atomic E-state index is 0.297. The van der Waals surface area contributed by atoms with Gasteiger partial charge in [-0.15, -0.1) is 11.3 Å². The Bertz CT molecular complexity index is 645. The molecule has 1 heterocycles. The predicted molar refractivity (Wildman–Crippen MR) is 76.1 cm³/mol. The van der Waals surface area contributed by atoms with Gasteiger partial charge >= 0.3 is 0 Å². The van der Waals surface area contributed by atoms with Crippen LogP contribution in [0.5, 0.6) is 0 Å². The molecule has 0 atom stereocenters. The lowest BCUT2D eigenvalue weighted by molar-refractivity contribution is 0.0950. The molecule has 20 heavy (non-hydrogen) atoms. The fourth-order valence-electron chi connectivity index (χ4n) is 1.66. The summed E-state index contributed by atoms with van der Waals surface area (Å²) in [5.41, 5.74) is 4.49. The molecule has 0 unspecified atom stereocenters. The summed E-state index contributed by atoms with van der Waals surface area (Å²) in [5.74, 6) is -2.36. The first-order valence-corrected chi connectivity index (χ1v) is 6.93. The molecule has 0 radical (unpaired) electrons. The van der Waals surface area contributed by atoms with Crippen molar-refractivity contribution < 1.29 is 13.6 Å². The standard InChI is InChI=1S/C13H11ClF2N2OS/c14-11-2-1-8(20-11)3-4-18-13(19)9-5-7(15)6-10(17)12(9)16/h1-2,5-6H,3-4,17H2,(H,18,19). The summed E-state index contributed by atoms with van der Waals surface area (Å²) >= 11 is 7.18. The molecule has 0 fully saturated rings. The van der Waals surface area contributed by atoms with Crippen molar-refractivity contribution in [2.24, 2.45) is 0 Å². The molecule has 0 bridgehead atoms. The molecule has 7 heteroatoms. The van der Waals surface area contributed by atoms with Gasteiger partial charge in [-0.1, -0.05) is 11.6 Å². The number of nitrogens with two attached hydrogens (primary N) is 1. The van der Waals surface area contributed by atoms with Crippen molar-refractivity contribution in [3.63, 3.8) is 0 Å². The molecule has 0 aliphatic carbocycles. The smallest absolute Gasteiger partial charge is 0.254 e. The van der Waals surface area contributed by atoms with E-state index in [1.54, 1.807) is 6.07 Å². The van der Waals surface area contributed by atoms with Crippen LogP contribution in [0.2, 0.25) is 4.34 Å². The van der Waals surface area contributed by atoms with Crippen LogP contribution in [0, 0.1) is 11.6 Å². The number of rotatable bonds is 4. The largest absolute Gasteiger partial charge is 0.396 e. The number of hydrogen-bond donors (Lipinski definition) is 2. The number of halogens is 3. The Hall–Kier alpha value is -1.66. The van der Waals surface area contributed by atoms with Crippen molar-refractivity contribution in [3.8, 4) is 0 Å². The van der Waals surface area contributed by atoms with Crippen molar-refractivity contribution in [1.29, 1.82) is 0 Å². The lowest BCUT2D eigenvalue weighted by atomic mass is 10.1. The molecule has 0 spiro atoms. The molecule has 1 amide bonds. The van der Waals surface area contributed by atoms with Gasteiger partial charge in [0, 0.05) is 11.4 Å². The monoisotopic (exact) mass is 316 g/mol. The van der Waals surface area contributed by atoms with Gasteiger partial charge in [0.2, 0.25) is 0 Å². The number of anilines is 1. The highest BCUT2D eigenvalue weighted by atomic mass is 35.5. The number of thiophene rings is 1. The van der Waals surface area contributed by atoms with Gasteiger partial charge in [0.1, 0.15) is 5.82 Å². The minimum atomic E-state index is -0.914. The average Bonchev–Trinajstić information content (AvgIpc) is 2.79. The zero-order chi connectivity index (χ0) is 14.7. The Morgan fingerprint density at radius 1 is 1.35 bits per heavy atom. The maximum absolute atomic E-state index is 13.6. The lowest BCUT2D eigenvalue weighted by Crippen LogP contribution is -2.26. The molecule has 1 aromatic carbocycles. The highest BCUT2D eigenvalue weighted by Crippen LogP contribution is 2.21. The molecule has 3 nitrogen and oxygen atoms in total. The van der Waals surface area contributed by atoms with E-state index < -0.39 is 23.1 Å². The number of carbonyl (C=O) groups is 1. The molecular formula is C13H11ClF2N2OS. The molecule has 0 saturated carbocycles. The summed E-state index contributed by atoms with van der Waals surface area (Å²) in [6.07, 6.45) is 0.565. The summed E-state index contributed by atoms with van der Waals surface area (Å²) in [4.78, 5) is 12.8. The molecule has 1 aromatic heterocycles. The predicted octanol–water partition coefficient (Wildman–Crippen LogP) is 3.23. The van der Waals surface area contributed by atoms with Crippen LogP contribution in [0.1, 0.15) is 15.2 Å². The van der Waals surface area contributed by atoms with Crippen molar-refractivity contribution in [3.05, 3.63) is 50.7 Å². The third-order valence-electron chi connectivity index (χ3n) is 2.60. The number of benzene rings is 1. The van der Waals surface area contributed by atoms with E-state index in [9.17, 15) is 13.6 Å². The lowest BCUT2D eigenvalue weighted by Gasteiger charge is -2.07. The van der Waals surface area contributed by atoms with Crippen molar-refractivity contribution in [1.82, 2.24) is 5.32 Å². The summed E-state index contributed by atoms with van der Waals surface area (Å²) in [7, 11) is 0. The number of hydrogen-bond acceptors (Lipinski definition) is 3. The normalized spacial score (nSPS) is 10.6. The van der Waals surface area contributed by atoms with Gasteiger partial charge < -0.3 is 11.1 Å². The van der Waals surface area contributed by atoms with E-state index in [1.165, 1.54) is 11.3 Å². The number of nitrogens with one attached hydrogen (secondary N) is 1. The van der Waals surface area contributed by atoms with E-state index >= 15 is 0 Å². The van der Waals surface area contributed by atoms with Crippen LogP contribution >= 0.6 is 22.9 Å². The first-order chi connectivity index (χ1) is 9.47. The number of amides is 1. The van der Waals surface area contributed by atoms with E-state index in [2.05, 4.69) is 5.32 Å². The second-order valence-corrected chi connectivity index (χ2v) is 5.87. The zero-order valence-electron chi connectivity index (χ0n) is 10.3. The van der Waals surface area contributed by atoms with Crippen LogP contribution in [-0.4, -0.2) is 12.5 Å². The van der Waals surface area contributed by atoms with Gasteiger partial charge in [0.15, 0.2) is 5.82 Å². The minimum Gasteiger partial charge on any atom is -0.396 e. The molecule has 0 aliphatic rings. The van der Waals surface area contributed by atoms with Gasteiger partial charge in [0.05, 0.1) is 15.6 Å². The van der Waals surface area contributed by atoms with Gasteiger partial charge in [-0.2, -0.15) is 0 Å². The van der Waals surface area contributed by atoms with Gasteiger partial charge in [-0.05, 0) is 30.7 Å². The number of nitrogen functional groups attached to an aromatic ring is 1. The summed E-state index contributed by atoms with van der Waals surface area (Å²) < 4.78 is 27.4. The Labute approximate surface area is 123 Å². The Kier molecular flexibility index (Phi) is 4.57. The molecule has 3 N–H and O–H groups in total. The van der Waals surface area contributed by atoms with E-state index in [0.717, 1.165) is 17.0 Å². The van der Waals surface area contributed by atoms with Crippen LogP contribution in [0.3, 0.4) is 0 Å². The maximum Gasteiger partial charge on any atom is 0.254 e. The second kappa shape index (κ2) is 6.19. The third kappa shape index (κ3) is 3.46. The van der Waals surface area contributed by atoms with Gasteiger partial charge in [-0.3, -0.25) is 4.79 Å². The third-order valence-corrected chi connectivity index (χ3v) is 3.89. The summed E-state index contributed by atoms with van der Waals surface area (Å²) in [5, 5.41) is 2.51. The fourth-order valence-corrected chi connectivity index (χ4v) is 2.74. The highest BCUT2D eigenvalue weighted by Gasteiger charge is 2.15. The molecule has 2 rings (SSSR count). The first-order valence-electron chi connectivity index (χ1n) is 5.74. The first kappa shape index (κ1) is 14.7. The Morgan fingerprint density at radius 3 is 2.75 bits per heavy atom. The molecule has 2 aromatic rings. The van der Waals surface area contributed by atoms with Crippen LogP contribution in [0.25, 0.3) is 0 Å². The van der Waals surface area contributed by atoms with Gasteiger partial charge in [0.25, 0.3) is 5.91 Å². The average molecular weight is 317 g/mol. The van der Waals surface area contributed by atoms with Crippen molar-refractivity contribution in [2.75, 3.05) is 12.3 Å². The molecular weight excluding hydrogens is 306 g/mol. The van der Waals surface area contributed by atoms with Crippen molar-refractivity contribution >= 4 is 34.5 Å². The number of carbonyl (C=O) groups excluding carboxylic acids is 1. The second-order valence-electron chi connectivity index (χ2n) is 4.07. The highest BCUT2D eigenvalue weighted by molar-refractivity contribution is 7.16. The summed E-state index contributed by atoms with van der Waals surface area (Å²) in [6.45, 7) is 0.297. The quantitative estimate of drug-likeness (QED) is 0.851. The molecule has 106 valence electrons. The van der Waals surface area contributed by atoms with Crippen LogP contribution in [0.15, 0.2) is 24.3 Å². The van der Waals surface area contributed by atoms with Crippen LogP contribution in [0.4, 0.5) is 14.5 Å². The van der Waals surface area contributed by atoms with Crippen LogP contribution in [-0.2, 0) is 6.42 Å². The van der Waals surface area contributed by atoms with Crippen molar-refractivity contribution in [2.45, 2.75) is 6.42 Å².